The summed E-state index contributed by atoms with van der Waals surface area (Å²) < 4.78 is 0. The second kappa shape index (κ2) is 4.48. The molecule has 70 valence electrons. The Hall–Kier alpha value is -0.750. The fourth-order valence-electron chi connectivity index (χ4n) is 1.19. The molecule has 13 heavy (non-hydrogen) atoms. The van der Waals surface area contributed by atoms with Crippen LogP contribution in [0.25, 0.3) is 0 Å². The second-order valence-electron chi connectivity index (χ2n) is 3.58. The number of hydrogen-bond acceptors (Lipinski definition) is 0. The first-order valence-electron chi connectivity index (χ1n) is 4.49. The molecule has 0 bridgehead atoms. The summed E-state index contributed by atoms with van der Waals surface area (Å²) in [6.07, 6.45) is 1.02. The van der Waals surface area contributed by atoms with Gasteiger partial charge < -0.3 is 0 Å². The molecule has 0 radical (unpaired) electrons. The van der Waals surface area contributed by atoms with Crippen LogP contribution in [0.2, 0.25) is 5.02 Å². The minimum absolute atomic E-state index is 0.526. The first kappa shape index (κ1) is 10.3. The quantitative estimate of drug-likeness (QED) is 0.636. The van der Waals surface area contributed by atoms with Crippen LogP contribution in [0.4, 0.5) is 0 Å². The summed E-state index contributed by atoms with van der Waals surface area (Å²) in [6, 6.07) is 8.01. The fourth-order valence-corrected chi connectivity index (χ4v) is 1.40. The maximum atomic E-state index is 5.89. The molecule has 0 nitrogen and oxygen atoms in total. The van der Waals surface area contributed by atoms with Crippen LogP contribution in [-0.4, -0.2) is 0 Å². The summed E-state index contributed by atoms with van der Waals surface area (Å²) in [5.74, 6) is 0.526. The molecule has 0 aliphatic rings. The molecule has 0 amide bonds. The van der Waals surface area contributed by atoms with Crippen LogP contribution < -0.4 is 0 Å². The zero-order valence-corrected chi connectivity index (χ0v) is 8.93. The first-order valence-corrected chi connectivity index (χ1v) is 4.87. The van der Waals surface area contributed by atoms with E-state index >= 15 is 0 Å². The molecule has 0 saturated carbocycles. The highest BCUT2D eigenvalue weighted by Crippen LogP contribution is 2.17. The van der Waals surface area contributed by atoms with Crippen molar-refractivity contribution in [1.82, 2.24) is 0 Å². The van der Waals surface area contributed by atoms with Gasteiger partial charge in [-0.3, -0.25) is 0 Å². The Balaban J connectivity index is 2.69. The largest absolute Gasteiger partial charge is 0.0999 e. The second-order valence-corrected chi connectivity index (χ2v) is 4.02. The zero-order valence-electron chi connectivity index (χ0n) is 8.18. The zero-order chi connectivity index (χ0) is 9.84. The lowest BCUT2D eigenvalue weighted by Gasteiger charge is -2.10. The topological polar surface area (TPSA) is 0 Å². The van der Waals surface area contributed by atoms with Crippen molar-refractivity contribution in [3.63, 3.8) is 0 Å². The highest BCUT2D eigenvalue weighted by Gasteiger charge is 2.03. The Morgan fingerprint density at radius 1 is 1.54 bits per heavy atom. The molecule has 0 aromatic heterocycles. The van der Waals surface area contributed by atoms with Crippen molar-refractivity contribution in [2.24, 2.45) is 5.92 Å². The lowest BCUT2D eigenvalue weighted by molar-refractivity contribution is 0.680. The van der Waals surface area contributed by atoms with E-state index < -0.39 is 0 Å². The van der Waals surface area contributed by atoms with E-state index in [1.807, 2.05) is 18.2 Å². The van der Waals surface area contributed by atoms with Gasteiger partial charge in [0.25, 0.3) is 0 Å². The number of rotatable bonds is 3. The molecule has 1 aromatic rings. The van der Waals surface area contributed by atoms with Crippen molar-refractivity contribution >= 4 is 11.6 Å². The van der Waals surface area contributed by atoms with Gasteiger partial charge in [0.2, 0.25) is 0 Å². The van der Waals surface area contributed by atoms with Crippen LogP contribution in [0.5, 0.6) is 0 Å². The molecule has 1 aromatic carbocycles. The SMILES string of the molecule is C=C(C)C(C)Cc1cccc(Cl)c1. The average Bonchev–Trinajstić information content (AvgIpc) is 2.04. The van der Waals surface area contributed by atoms with Crippen LogP contribution in [0, 0.1) is 5.92 Å². The average molecular weight is 195 g/mol. The molecule has 0 aliphatic carbocycles. The Kier molecular flexibility index (Phi) is 3.56. The lowest BCUT2D eigenvalue weighted by atomic mass is 9.96. The van der Waals surface area contributed by atoms with Crippen molar-refractivity contribution in [1.29, 1.82) is 0 Å². The van der Waals surface area contributed by atoms with E-state index in [4.69, 9.17) is 11.6 Å². The number of benzene rings is 1. The normalized spacial score (nSPS) is 12.5. The van der Waals surface area contributed by atoms with E-state index in [0.717, 1.165) is 11.4 Å². The Morgan fingerprint density at radius 2 is 2.23 bits per heavy atom. The third kappa shape index (κ3) is 3.23. The van der Waals surface area contributed by atoms with Crippen LogP contribution >= 0.6 is 11.6 Å². The molecular formula is C12H15Cl. The van der Waals surface area contributed by atoms with Gasteiger partial charge in [-0.2, -0.15) is 0 Å². The van der Waals surface area contributed by atoms with Crippen molar-refractivity contribution in [3.8, 4) is 0 Å². The Morgan fingerprint density at radius 3 is 2.77 bits per heavy atom. The van der Waals surface area contributed by atoms with Crippen molar-refractivity contribution < 1.29 is 0 Å². The maximum Gasteiger partial charge on any atom is 0.0408 e. The van der Waals surface area contributed by atoms with Crippen LogP contribution in [0.3, 0.4) is 0 Å². The molecule has 0 aliphatic heterocycles. The lowest BCUT2D eigenvalue weighted by Crippen LogP contribution is -1.99. The Bertz CT molecular complexity index is 302. The predicted octanol–water partition coefficient (Wildman–Crippen LogP) is 4.09. The van der Waals surface area contributed by atoms with Gasteiger partial charge in [0.05, 0.1) is 0 Å². The van der Waals surface area contributed by atoms with Crippen molar-refractivity contribution in [3.05, 3.63) is 47.0 Å². The summed E-state index contributed by atoms with van der Waals surface area (Å²) in [4.78, 5) is 0. The third-order valence-corrected chi connectivity index (χ3v) is 2.51. The smallest absolute Gasteiger partial charge is 0.0408 e. The molecule has 0 heterocycles. The van der Waals surface area contributed by atoms with E-state index in [9.17, 15) is 0 Å². The molecule has 0 saturated heterocycles. The van der Waals surface area contributed by atoms with Gasteiger partial charge in [0.1, 0.15) is 0 Å². The van der Waals surface area contributed by atoms with Crippen molar-refractivity contribution in [2.75, 3.05) is 0 Å². The van der Waals surface area contributed by atoms with Crippen LogP contribution in [0.1, 0.15) is 19.4 Å². The van der Waals surface area contributed by atoms with Gasteiger partial charge in [-0.05, 0) is 37.0 Å². The van der Waals surface area contributed by atoms with Gasteiger partial charge >= 0.3 is 0 Å². The van der Waals surface area contributed by atoms with Gasteiger partial charge in [-0.15, -0.1) is 0 Å². The van der Waals surface area contributed by atoms with Gasteiger partial charge in [-0.25, -0.2) is 0 Å². The monoisotopic (exact) mass is 194 g/mol. The summed E-state index contributed by atoms with van der Waals surface area (Å²) in [5.41, 5.74) is 2.50. The Labute approximate surface area is 85.2 Å². The molecular weight excluding hydrogens is 180 g/mol. The first-order chi connectivity index (χ1) is 6.09. The highest BCUT2D eigenvalue weighted by atomic mass is 35.5. The van der Waals surface area contributed by atoms with E-state index in [0.29, 0.717) is 5.92 Å². The third-order valence-electron chi connectivity index (χ3n) is 2.27. The highest BCUT2D eigenvalue weighted by molar-refractivity contribution is 6.30. The molecule has 0 fully saturated rings. The van der Waals surface area contributed by atoms with Gasteiger partial charge in [0.15, 0.2) is 0 Å². The minimum Gasteiger partial charge on any atom is -0.0999 e. The summed E-state index contributed by atoms with van der Waals surface area (Å²) >= 11 is 5.89. The van der Waals surface area contributed by atoms with E-state index in [-0.39, 0.29) is 0 Å². The molecule has 0 spiro atoms. The van der Waals surface area contributed by atoms with Gasteiger partial charge in [0, 0.05) is 5.02 Å². The minimum atomic E-state index is 0.526. The van der Waals surface area contributed by atoms with Crippen molar-refractivity contribution in [2.45, 2.75) is 20.3 Å². The summed E-state index contributed by atoms with van der Waals surface area (Å²) in [5, 5.41) is 0.811. The summed E-state index contributed by atoms with van der Waals surface area (Å²) in [7, 11) is 0. The summed E-state index contributed by atoms with van der Waals surface area (Å²) in [6.45, 7) is 8.19. The molecule has 0 N–H and O–H groups in total. The fraction of sp³-hybridized carbons (Fsp3) is 0.333. The maximum absolute atomic E-state index is 5.89. The van der Waals surface area contributed by atoms with E-state index in [2.05, 4.69) is 26.5 Å². The standard InChI is InChI=1S/C12H15Cl/c1-9(2)10(3)7-11-5-4-6-12(13)8-11/h4-6,8,10H,1,7H2,2-3H3. The molecule has 1 heteroatoms. The molecule has 1 unspecified atom stereocenters. The predicted molar refractivity (Wildman–Crippen MR) is 59.1 cm³/mol. The number of halogens is 1. The van der Waals surface area contributed by atoms with Crippen LogP contribution in [0.15, 0.2) is 36.4 Å². The number of hydrogen-bond donors (Lipinski definition) is 0. The van der Waals surface area contributed by atoms with Crippen LogP contribution in [-0.2, 0) is 6.42 Å². The van der Waals surface area contributed by atoms with E-state index in [1.165, 1.54) is 11.1 Å². The number of allylic oxidation sites excluding steroid dienone is 1. The van der Waals surface area contributed by atoms with Gasteiger partial charge in [-0.1, -0.05) is 42.8 Å². The molecule has 1 atom stereocenters. The molecule has 1 rings (SSSR count). The van der Waals surface area contributed by atoms with E-state index in [1.54, 1.807) is 0 Å².